The van der Waals surface area contributed by atoms with Crippen LogP contribution in [0.5, 0.6) is 5.75 Å². The number of methoxy groups -OCH3 is 1. The molecule has 0 fully saturated rings. The van der Waals surface area contributed by atoms with Gasteiger partial charge in [-0.15, -0.1) is 0 Å². The second-order valence-electron chi connectivity index (χ2n) is 5.79. The molecule has 2 heterocycles. The highest BCUT2D eigenvalue weighted by molar-refractivity contribution is 6.31. The first-order valence-electron chi connectivity index (χ1n) is 7.99. The molecule has 4 nitrogen and oxygen atoms in total. The predicted octanol–water partition coefficient (Wildman–Crippen LogP) is 4.88. The summed E-state index contributed by atoms with van der Waals surface area (Å²) in [6, 6.07) is 16.9. The quantitative estimate of drug-likeness (QED) is 0.378. The Hall–Kier alpha value is -3.11. The molecule has 0 unspecified atom stereocenters. The van der Waals surface area contributed by atoms with Gasteiger partial charge in [-0.05, 0) is 36.4 Å². The van der Waals surface area contributed by atoms with Crippen LogP contribution in [0.2, 0.25) is 5.15 Å². The molecule has 0 saturated heterocycles. The molecule has 4 rings (SSSR count). The number of halogens is 1. The smallest absolute Gasteiger partial charge is 0.343 e. The van der Waals surface area contributed by atoms with Gasteiger partial charge in [0.15, 0.2) is 0 Å². The molecule has 0 aliphatic carbocycles. The maximum Gasteiger partial charge on any atom is 0.343 e. The molecule has 0 N–H and O–H groups in total. The summed E-state index contributed by atoms with van der Waals surface area (Å²) < 4.78 is 10.6. The summed E-state index contributed by atoms with van der Waals surface area (Å²) in [5, 5.41) is 1.20. The maximum absolute atomic E-state index is 12.2. The van der Waals surface area contributed by atoms with E-state index in [2.05, 4.69) is 4.98 Å². The molecule has 1 aromatic heterocycles. The molecule has 1 aliphatic rings. The van der Waals surface area contributed by atoms with Gasteiger partial charge in [0.05, 0.1) is 18.2 Å². The summed E-state index contributed by atoms with van der Waals surface area (Å²) in [4.78, 5) is 16.6. The summed E-state index contributed by atoms with van der Waals surface area (Å²) in [5.74, 6) is 0.839. The molecule has 1 aliphatic heterocycles. The van der Waals surface area contributed by atoms with E-state index in [0.29, 0.717) is 22.0 Å². The minimum Gasteiger partial charge on any atom is -0.497 e. The normalized spacial score (nSPS) is 15.2. The number of nitrogens with zero attached hydrogens (tertiary/aromatic N) is 1. The molecular weight excluding hydrogens is 350 g/mol. The van der Waals surface area contributed by atoms with Crippen LogP contribution in [-0.4, -0.2) is 18.1 Å². The first-order chi connectivity index (χ1) is 12.6. The van der Waals surface area contributed by atoms with E-state index in [-0.39, 0.29) is 0 Å². The first kappa shape index (κ1) is 16.4. The molecule has 0 bridgehead atoms. The second-order valence-corrected chi connectivity index (χ2v) is 6.15. The zero-order valence-corrected chi connectivity index (χ0v) is 14.7. The average molecular weight is 364 g/mol. The molecule has 0 amide bonds. The Labute approximate surface area is 155 Å². The van der Waals surface area contributed by atoms with Crippen molar-refractivity contribution in [2.24, 2.45) is 0 Å². The molecule has 5 heteroatoms. The van der Waals surface area contributed by atoms with E-state index in [1.165, 1.54) is 0 Å². The van der Waals surface area contributed by atoms with Crippen LogP contribution in [-0.2, 0) is 9.53 Å². The minimum atomic E-state index is -0.411. The fourth-order valence-corrected chi connectivity index (χ4v) is 2.98. The third-order valence-electron chi connectivity index (χ3n) is 4.10. The van der Waals surface area contributed by atoms with Crippen molar-refractivity contribution in [2.45, 2.75) is 0 Å². The van der Waals surface area contributed by atoms with Gasteiger partial charge in [-0.1, -0.05) is 41.9 Å². The Bertz CT molecular complexity index is 1070. The number of rotatable bonds is 3. The number of fused-ring (bicyclic) bond motifs is 1. The van der Waals surface area contributed by atoms with Gasteiger partial charge >= 0.3 is 5.97 Å². The highest BCUT2D eigenvalue weighted by Crippen LogP contribution is 2.30. The minimum absolute atomic E-state index is 0.324. The summed E-state index contributed by atoms with van der Waals surface area (Å²) in [5.41, 5.74) is 2.67. The van der Waals surface area contributed by atoms with Gasteiger partial charge in [0, 0.05) is 16.5 Å². The lowest BCUT2D eigenvalue weighted by molar-refractivity contribution is -0.130. The van der Waals surface area contributed by atoms with Gasteiger partial charge in [0.1, 0.15) is 16.7 Å². The topological polar surface area (TPSA) is 48.4 Å². The van der Waals surface area contributed by atoms with Gasteiger partial charge in [0.2, 0.25) is 0 Å². The SMILES string of the molecule is COc1ccc2nc(Cl)c(/C=C3/C=C(c4ccccc4)OC3=O)cc2c1. The molecule has 0 spiro atoms. The van der Waals surface area contributed by atoms with E-state index < -0.39 is 5.97 Å². The fraction of sp³-hybridized carbons (Fsp3) is 0.0476. The molecule has 0 saturated carbocycles. The van der Waals surface area contributed by atoms with E-state index in [4.69, 9.17) is 21.1 Å². The van der Waals surface area contributed by atoms with Crippen molar-refractivity contribution in [1.82, 2.24) is 4.98 Å². The number of carbonyl (C=O) groups excluding carboxylic acids is 1. The summed E-state index contributed by atoms with van der Waals surface area (Å²) in [7, 11) is 1.61. The van der Waals surface area contributed by atoms with Crippen LogP contribution in [0.3, 0.4) is 0 Å². The number of cyclic esters (lactones) is 1. The summed E-state index contributed by atoms with van der Waals surface area (Å²) in [6.45, 7) is 0. The van der Waals surface area contributed by atoms with Crippen LogP contribution in [0.25, 0.3) is 22.7 Å². The molecule has 26 heavy (non-hydrogen) atoms. The Balaban J connectivity index is 1.76. The van der Waals surface area contributed by atoms with E-state index in [0.717, 1.165) is 22.2 Å². The highest BCUT2D eigenvalue weighted by Gasteiger charge is 2.22. The maximum atomic E-state index is 12.2. The van der Waals surface area contributed by atoms with Gasteiger partial charge in [-0.3, -0.25) is 0 Å². The van der Waals surface area contributed by atoms with E-state index in [1.807, 2.05) is 54.6 Å². The molecule has 3 aromatic rings. The van der Waals surface area contributed by atoms with Crippen molar-refractivity contribution in [3.8, 4) is 5.75 Å². The number of esters is 1. The first-order valence-corrected chi connectivity index (χ1v) is 8.37. The average Bonchev–Trinajstić information content (AvgIpc) is 3.03. The van der Waals surface area contributed by atoms with Gasteiger partial charge in [0.25, 0.3) is 0 Å². The number of hydrogen-bond donors (Lipinski definition) is 0. The Morgan fingerprint density at radius 3 is 2.69 bits per heavy atom. The largest absolute Gasteiger partial charge is 0.497 e. The van der Waals surface area contributed by atoms with Crippen LogP contribution in [0.1, 0.15) is 11.1 Å². The van der Waals surface area contributed by atoms with Gasteiger partial charge in [-0.25, -0.2) is 9.78 Å². The number of ether oxygens (including phenoxy) is 2. The van der Waals surface area contributed by atoms with E-state index in [9.17, 15) is 4.79 Å². The zero-order chi connectivity index (χ0) is 18.1. The number of pyridine rings is 1. The standard InChI is InChI=1S/C21H14ClNO3/c1-25-17-7-8-18-14(11-17)9-15(20(22)23-18)10-16-12-19(26-21(16)24)13-5-3-2-4-6-13/h2-12H,1H3/b16-10-. The molecule has 0 atom stereocenters. The Kier molecular flexibility index (Phi) is 4.19. The van der Waals surface area contributed by atoms with Crippen molar-refractivity contribution in [1.29, 1.82) is 0 Å². The van der Waals surface area contributed by atoms with Crippen LogP contribution in [0.4, 0.5) is 0 Å². The third-order valence-corrected chi connectivity index (χ3v) is 4.40. The monoisotopic (exact) mass is 363 g/mol. The lowest BCUT2D eigenvalue weighted by Crippen LogP contribution is -1.97. The van der Waals surface area contributed by atoms with Crippen LogP contribution in [0.15, 0.2) is 66.2 Å². The Morgan fingerprint density at radius 2 is 1.92 bits per heavy atom. The third kappa shape index (κ3) is 3.07. The van der Waals surface area contributed by atoms with E-state index in [1.54, 1.807) is 19.3 Å². The van der Waals surface area contributed by atoms with Gasteiger partial charge in [-0.2, -0.15) is 0 Å². The molecule has 0 radical (unpaired) electrons. The summed E-state index contributed by atoms with van der Waals surface area (Å²) >= 11 is 6.30. The predicted molar refractivity (Wildman–Crippen MR) is 102 cm³/mol. The number of aromatic nitrogens is 1. The van der Waals surface area contributed by atoms with Crippen molar-refractivity contribution in [2.75, 3.05) is 7.11 Å². The second kappa shape index (κ2) is 6.65. The van der Waals surface area contributed by atoms with Crippen LogP contribution in [0, 0.1) is 0 Å². The summed E-state index contributed by atoms with van der Waals surface area (Å²) in [6.07, 6.45) is 3.40. The van der Waals surface area contributed by atoms with Crippen LogP contribution < -0.4 is 4.74 Å². The number of carbonyl (C=O) groups is 1. The molecular formula is C21H14ClNO3. The molecule has 128 valence electrons. The van der Waals surface area contributed by atoms with Crippen molar-refractivity contribution in [3.63, 3.8) is 0 Å². The van der Waals surface area contributed by atoms with Gasteiger partial charge < -0.3 is 9.47 Å². The molecule has 2 aromatic carbocycles. The number of hydrogen-bond acceptors (Lipinski definition) is 4. The fourth-order valence-electron chi connectivity index (χ4n) is 2.78. The lowest BCUT2D eigenvalue weighted by atomic mass is 10.1. The highest BCUT2D eigenvalue weighted by atomic mass is 35.5. The Morgan fingerprint density at radius 1 is 1.12 bits per heavy atom. The number of benzene rings is 2. The van der Waals surface area contributed by atoms with Crippen molar-refractivity contribution < 1.29 is 14.3 Å². The van der Waals surface area contributed by atoms with Crippen molar-refractivity contribution in [3.05, 3.63) is 82.5 Å². The van der Waals surface area contributed by atoms with E-state index >= 15 is 0 Å². The zero-order valence-electron chi connectivity index (χ0n) is 13.9. The van der Waals surface area contributed by atoms with Crippen LogP contribution >= 0.6 is 11.6 Å². The lowest BCUT2D eigenvalue weighted by Gasteiger charge is -2.05. The van der Waals surface area contributed by atoms with Crippen molar-refractivity contribution >= 4 is 40.3 Å².